The molecular weight excluding hydrogens is 416 g/mol. The molecule has 0 bridgehead atoms. The minimum Gasteiger partial charge on any atom is -0.444 e. The highest BCUT2D eigenvalue weighted by molar-refractivity contribution is 6.72. The Kier molecular flexibility index (Phi) is 7.37. The Morgan fingerprint density at radius 3 is 2.58 bits per heavy atom. The van der Waals surface area contributed by atoms with Crippen LogP contribution in [0.25, 0.3) is 0 Å². The SMILES string of the molecule is CC(C)(C)OC(=O)N[C@H]1CN(c2ccncc2[N+](=O)[O-])CC[C@@H]1CC(C)(C)[Si](C)(C)O. The summed E-state index contributed by atoms with van der Waals surface area (Å²) in [5.74, 6) is 0.110. The molecule has 1 aromatic rings. The van der Waals surface area contributed by atoms with Crippen LogP contribution in [0.3, 0.4) is 0 Å². The van der Waals surface area contributed by atoms with Crippen LogP contribution in [-0.4, -0.2) is 53.8 Å². The lowest BCUT2D eigenvalue weighted by atomic mass is 9.84. The number of nitro groups is 1. The first-order valence-electron chi connectivity index (χ1n) is 10.7. The molecule has 1 aliphatic heterocycles. The average molecular weight is 453 g/mol. The number of anilines is 1. The van der Waals surface area contributed by atoms with Crippen molar-refractivity contribution in [1.29, 1.82) is 0 Å². The summed E-state index contributed by atoms with van der Waals surface area (Å²) in [7, 11) is -2.44. The number of nitrogens with zero attached hydrogens (tertiary/aromatic N) is 3. The Bertz CT molecular complexity index is 804. The van der Waals surface area contributed by atoms with Gasteiger partial charge in [-0.15, -0.1) is 0 Å². The van der Waals surface area contributed by atoms with Gasteiger partial charge in [0, 0.05) is 19.3 Å². The minimum absolute atomic E-state index is 0.0544. The van der Waals surface area contributed by atoms with Gasteiger partial charge in [-0.05, 0) is 63.7 Å². The van der Waals surface area contributed by atoms with E-state index in [1.165, 1.54) is 12.4 Å². The van der Waals surface area contributed by atoms with Gasteiger partial charge in [-0.1, -0.05) is 13.8 Å². The van der Waals surface area contributed by atoms with E-state index in [2.05, 4.69) is 24.1 Å². The van der Waals surface area contributed by atoms with Gasteiger partial charge < -0.3 is 19.7 Å². The lowest BCUT2D eigenvalue weighted by molar-refractivity contribution is -0.384. The molecule has 2 rings (SSSR count). The highest BCUT2D eigenvalue weighted by atomic mass is 28.4. The zero-order valence-corrected chi connectivity index (χ0v) is 20.6. The fourth-order valence-electron chi connectivity index (χ4n) is 3.78. The van der Waals surface area contributed by atoms with Crippen molar-refractivity contribution in [3.63, 3.8) is 0 Å². The van der Waals surface area contributed by atoms with Crippen molar-refractivity contribution < 1.29 is 19.3 Å². The number of carbonyl (C=O) groups is 1. The number of carbonyl (C=O) groups excluding carboxylic acids is 1. The number of alkyl carbamates (subject to hydrolysis) is 1. The fourth-order valence-corrected chi connectivity index (χ4v) is 4.54. The normalized spacial score (nSPS) is 20.3. The topological polar surface area (TPSA) is 118 Å². The van der Waals surface area contributed by atoms with E-state index in [1.807, 2.05) is 18.0 Å². The maximum Gasteiger partial charge on any atom is 0.407 e. The van der Waals surface area contributed by atoms with Crippen molar-refractivity contribution >= 4 is 25.8 Å². The van der Waals surface area contributed by atoms with E-state index in [1.54, 1.807) is 26.8 Å². The van der Waals surface area contributed by atoms with Crippen LogP contribution in [0.5, 0.6) is 0 Å². The van der Waals surface area contributed by atoms with E-state index < -0.39 is 24.9 Å². The summed E-state index contributed by atoms with van der Waals surface area (Å²) in [6, 6.07) is 1.36. The standard InChI is InChI=1S/C21H36N4O5Si/c1-20(2,3)30-19(26)23-16-14-24(17-8-10-22-13-18(17)25(27)28)11-9-15(16)12-21(4,5)31(6,7)29/h8,10,13,15-16,29H,9,11-12,14H2,1-7H3,(H,23,26)/t15-,16+/m1/s1. The van der Waals surface area contributed by atoms with E-state index in [-0.39, 0.29) is 22.7 Å². The maximum atomic E-state index is 12.5. The number of aromatic nitrogens is 1. The molecule has 1 aliphatic rings. The fraction of sp³-hybridized carbons (Fsp3) is 0.714. The molecule has 0 aliphatic carbocycles. The van der Waals surface area contributed by atoms with Crippen LogP contribution in [0.4, 0.5) is 16.2 Å². The molecule has 1 saturated heterocycles. The smallest absolute Gasteiger partial charge is 0.407 e. The minimum atomic E-state index is -2.44. The Labute approximate surface area is 185 Å². The highest BCUT2D eigenvalue weighted by Crippen LogP contribution is 2.44. The molecule has 174 valence electrons. The summed E-state index contributed by atoms with van der Waals surface area (Å²) >= 11 is 0. The summed E-state index contributed by atoms with van der Waals surface area (Å²) < 4.78 is 5.46. The van der Waals surface area contributed by atoms with E-state index in [4.69, 9.17) is 4.74 Å². The van der Waals surface area contributed by atoms with Gasteiger partial charge in [0.2, 0.25) is 0 Å². The first-order chi connectivity index (χ1) is 14.1. The first kappa shape index (κ1) is 25.1. The lowest BCUT2D eigenvalue weighted by Gasteiger charge is -2.45. The van der Waals surface area contributed by atoms with E-state index >= 15 is 0 Å². The second kappa shape index (κ2) is 9.11. The van der Waals surface area contributed by atoms with Gasteiger partial charge in [-0.3, -0.25) is 15.1 Å². The van der Waals surface area contributed by atoms with Crippen LogP contribution in [0, 0.1) is 16.0 Å². The first-order valence-corrected chi connectivity index (χ1v) is 13.6. The molecule has 0 saturated carbocycles. The van der Waals surface area contributed by atoms with E-state index in [9.17, 15) is 19.7 Å². The van der Waals surface area contributed by atoms with Gasteiger partial charge >= 0.3 is 11.8 Å². The molecule has 0 spiro atoms. The van der Waals surface area contributed by atoms with Gasteiger partial charge in [0.25, 0.3) is 0 Å². The number of hydrogen-bond acceptors (Lipinski definition) is 7. The predicted molar refractivity (Wildman–Crippen MR) is 123 cm³/mol. The molecule has 2 N–H and O–H groups in total. The number of rotatable bonds is 6. The molecule has 9 nitrogen and oxygen atoms in total. The highest BCUT2D eigenvalue weighted by Gasteiger charge is 2.43. The number of amides is 1. The average Bonchev–Trinajstić information content (AvgIpc) is 2.60. The number of hydrogen-bond donors (Lipinski definition) is 2. The molecule has 0 aromatic carbocycles. The summed E-state index contributed by atoms with van der Waals surface area (Å²) in [5, 5.41) is 14.2. The van der Waals surface area contributed by atoms with Gasteiger partial charge in [-0.2, -0.15) is 0 Å². The molecular formula is C21H36N4O5Si. The molecule has 1 fully saturated rings. The largest absolute Gasteiger partial charge is 0.444 e. The molecule has 2 atom stereocenters. The summed E-state index contributed by atoms with van der Waals surface area (Å²) in [5.41, 5.74) is -0.191. The molecule has 10 heteroatoms. The van der Waals surface area contributed by atoms with E-state index in [0.29, 0.717) is 18.8 Å². The van der Waals surface area contributed by atoms with Gasteiger partial charge in [0.15, 0.2) is 8.32 Å². The van der Waals surface area contributed by atoms with Gasteiger partial charge in [0.05, 0.1) is 11.0 Å². The number of nitrogens with one attached hydrogen (secondary N) is 1. The summed E-state index contributed by atoms with van der Waals surface area (Å²) in [6.45, 7) is 14.5. The zero-order valence-electron chi connectivity index (χ0n) is 19.6. The molecule has 1 aromatic heterocycles. The predicted octanol–water partition coefficient (Wildman–Crippen LogP) is 4.08. The molecule has 0 radical (unpaired) electrons. The van der Waals surface area contributed by atoms with Crippen LogP contribution in [0.1, 0.15) is 47.5 Å². The van der Waals surface area contributed by atoms with Crippen molar-refractivity contribution in [2.45, 2.75) is 77.2 Å². The quantitative estimate of drug-likeness (QED) is 0.379. The summed E-state index contributed by atoms with van der Waals surface area (Å²) in [6.07, 6.45) is 3.75. The molecule has 0 unspecified atom stereocenters. The van der Waals surface area contributed by atoms with E-state index in [0.717, 1.165) is 12.8 Å². The number of piperidine rings is 1. The van der Waals surface area contributed by atoms with Crippen LogP contribution in [-0.2, 0) is 4.74 Å². The Balaban J connectivity index is 2.28. The second-order valence-corrected chi connectivity index (χ2v) is 15.0. The molecule has 31 heavy (non-hydrogen) atoms. The number of ether oxygens (including phenoxy) is 1. The lowest BCUT2D eigenvalue weighted by Crippen LogP contribution is -2.55. The Morgan fingerprint density at radius 2 is 2.03 bits per heavy atom. The van der Waals surface area contributed by atoms with Crippen LogP contribution in [0.2, 0.25) is 18.1 Å². The van der Waals surface area contributed by atoms with Crippen molar-refractivity contribution in [3.8, 4) is 0 Å². The Hall–Kier alpha value is -2.20. The van der Waals surface area contributed by atoms with Crippen LogP contribution < -0.4 is 10.2 Å². The Morgan fingerprint density at radius 1 is 1.39 bits per heavy atom. The number of pyridine rings is 1. The third kappa shape index (κ3) is 6.64. The molecule has 1 amide bonds. The zero-order chi connectivity index (χ0) is 23.6. The van der Waals surface area contributed by atoms with Gasteiger partial charge in [0.1, 0.15) is 17.5 Å². The monoisotopic (exact) mass is 452 g/mol. The second-order valence-electron chi connectivity index (χ2n) is 10.5. The van der Waals surface area contributed by atoms with Gasteiger partial charge in [-0.25, -0.2) is 4.79 Å². The van der Waals surface area contributed by atoms with Crippen molar-refractivity contribution in [2.24, 2.45) is 5.92 Å². The third-order valence-electron chi connectivity index (χ3n) is 6.20. The third-order valence-corrected chi connectivity index (χ3v) is 9.72. The van der Waals surface area contributed by atoms with Crippen molar-refractivity contribution in [1.82, 2.24) is 10.3 Å². The summed E-state index contributed by atoms with van der Waals surface area (Å²) in [4.78, 5) is 40.1. The van der Waals surface area contributed by atoms with Crippen LogP contribution >= 0.6 is 0 Å². The molecule has 2 heterocycles. The van der Waals surface area contributed by atoms with Crippen LogP contribution in [0.15, 0.2) is 18.5 Å². The van der Waals surface area contributed by atoms with Crippen molar-refractivity contribution in [3.05, 3.63) is 28.6 Å². The maximum absolute atomic E-state index is 12.5. The van der Waals surface area contributed by atoms with Crippen molar-refractivity contribution in [2.75, 3.05) is 18.0 Å².